The van der Waals surface area contributed by atoms with Crippen LogP contribution in [0.15, 0.2) is 23.3 Å². The molecule has 1 rings (SSSR count). The highest BCUT2D eigenvalue weighted by Gasteiger charge is 2.33. The summed E-state index contributed by atoms with van der Waals surface area (Å²) in [4.78, 5) is 2.43. The molecule has 7 heteroatoms. The summed E-state index contributed by atoms with van der Waals surface area (Å²) in [7, 11) is 0. The third kappa shape index (κ3) is 3.91. The number of nitrogens with zero attached hydrogens (tertiary/aromatic N) is 3. The van der Waals surface area contributed by atoms with Gasteiger partial charge in [0.05, 0.1) is 12.1 Å². The second-order valence-corrected chi connectivity index (χ2v) is 3.31. The molecule has 1 aromatic carbocycles. The van der Waals surface area contributed by atoms with Crippen molar-refractivity contribution in [3.8, 4) is 11.8 Å². The number of alkyl halides is 3. The lowest BCUT2D eigenvalue weighted by atomic mass is 10.1. The maximum Gasteiger partial charge on any atom is 0.417 e. The van der Waals surface area contributed by atoms with Crippen LogP contribution in [-0.4, -0.2) is 6.54 Å². The van der Waals surface area contributed by atoms with Crippen LogP contribution in [0.5, 0.6) is 0 Å². The van der Waals surface area contributed by atoms with Gasteiger partial charge in [-0.25, -0.2) is 0 Å². The van der Waals surface area contributed by atoms with Crippen LogP contribution < -0.4 is 0 Å². The van der Waals surface area contributed by atoms with Crippen LogP contribution >= 0.6 is 11.6 Å². The molecule has 0 N–H and O–H groups in total. The zero-order chi connectivity index (χ0) is 12.9. The molecule has 0 aliphatic carbocycles. The summed E-state index contributed by atoms with van der Waals surface area (Å²) >= 11 is 5.49. The third-order valence-corrected chi connectivity index (χ3v) is 1.96. The molecule has 0 saturated carbocycles. The van der Waals surface area contributed by atoms with Crippen molar-refractivity contribution in [3.63, 3.8) is 0 Å². The fourth-order valence-electron chi connectivity index (χ4n) is 1.06. The molecule has 0 aliphatic rings. The Bertz CT molecular complexity index is 522. The molecule has 0 saturated heterocycles. The monoisotopic (exact) mass is 259 g/mol. The third-order valence-electron chi connectivity index (χ3n) is 1.72. The Labute approximate surface area is 99.8 Å². The molecule has 17 heavy (non-hydrogen) atoms. The average Bonchev–Trinajstić information content (AvgIpc) is 2.25. The van der Waals surface area contributed by atoms with E-state index in [1.807, 2.05) is 0 Å². The van der Waals surface area contributed by atoms with Crippen molar-refractivity contribution in [3.05, 3.63) is 44.8 Å². The zero-order valence-corrected chi connectivity index (χ0v) is 9.05. The lowest BCUT2D eigenvalue weighted by Crippen LogP contribution is -2.07. The number of hydrogen-bond donors (Lipinski definition) is 0. The van der Waals surface area contributed by atoms with E-state index in [1.54, 1.807) is 0 Å². The fraction of sp³-hybridized carbons (Fsp3) is 0.200. The number of hydrogen-bond acceptors (Lipinski definition) is 1. The maximum atomic E-state index is 12.6. The predicted octanol–water partition coefficient (Wildman–Crippen LogP) is 4.02. The largest absolute Gasteiger partial charge is 0.417 e. The van der Waals surface area contributed by atoms with Gasteiger partial charge in [-0.1, -0.05) is 28.6 Å². The van der Waals surface area contributed by atoms with E-state index in [0.717, 1.165) is 6.07 Å². The van der Waals surface area contributed by atoms with Crippen molar-refractivity contribution in [1.82, 2.24) is 0 Å². The Morgan fingerprint density at radius 1 is 1.41 bits per heavy atom. The molecule has 0 spiro atoms. The molecule has 0 bridgehead atoms. The summed E-state index contributed by atoms with van der Waals surface area (Å²) < 4.78 is 37.8. The molecular weight excluding hydrogens is 255 g/mol. The van der Waals surface area contributed by atoms with E-state index < -0.39 is 11.7 Å². The number of benzene rings is 1. The first-order chi connectivity index (χ1) is 7.95. The molecule has 0 aliphatic heterocycles. The minimum atomic E-state index is -4.52. The Morgan fingerprint density at radius 3 is 2.71 bits per heavy atom. The summed E-state index contributed by atoms with van der Waals surface area (Å²) in [5, 5.41) is 3.08. The van der Waals surface area contributed by atoms with E-state index in [9.17, 15) is 13.2 Å². The average molecular weight is 260 g/mol. The summed E-state index contributed by atoms with van der Waals surface area (Å²) in [6.07, 6.45) is -4.52. The Kier molecular flexibility index (Phi) is 4.27. The molecule has 0 heterocycles. The van der Waals surface area contributed by atoms with E-state index in [2.05, 4.69) is 21.9 Å². The Morgan fingerprint density at radius 2 is 2.12 bits per heavy atom. The van der Waals surface area contributed by atoms with E-state index in [-0.39, 0.29) is 17.1 Å². The summed E-state index contributed by atoms with van der Waals surface area (Å²) in [5.41, 5.74) is 6.87. The van der Waals surface area contributed by atoms with E-state index in [4.69, 9.17) is 17.1 Å². The SMILES string of the molecule is [N-]=[N+]=NCC#Cc1ccc(Cl)cc1C(F)(F)F. The van der Waals surface area contributed by atoms with Gasteiger partial charge in [-0.2, -0.15) is 13.2 Å². The Balaban J connectivity index is 3.14. The molecule has 0 radical (unpaired) electrons. The quantitative estimate of drug-likeness (QED) is 0.317. The van der Waals surface area contributed by atoms with Crippen LogP contribution in [0.3, 0.4) is 0 Å². The van der Waals surface area contributed by atoms with Gasteiger partial charge in [-0.3, -0.25) is 0 Å². The molecular formula is C10H5ClF3N3. The van der Waals surface area contributed by atoms with Gasteiger partial charge in [0.2, 0.25) is 0 Å². The number of azide groups is 1. The van der Waals surface area contributed by atoms with Crippen molar-refractivity contribution in [2.45, 2.75) is 6.18 Å². The highest BCUT2D eigenvalue weighted by molar-refractivity contribution is 6.30. The predicted molar refractivity (Wildman–Crippen MR) is 57.3 cm³/mol. The maximum absolute atomic E-state index is 12.6. The van der Waals surface area contributed by atoms with Crippen LogP contribution in [0, 0.1) is 11.8 Å². The van der Waals surface area contributed by atoms with Crippen LogP contribution in [0.1, 0.15) is 11.1 Å². The first kappa shape index (κ1) is 13.2. The summed E-state index contributed by atoms with van der Waals surface area (Å²) in [6, 6.07) is 3.29. The van der Waals surface area contributed by atoms with E-state index in [1.165, 1.54) is 12.1 Å². The molecule has 0 atom stereocenters. The number of halogens is 4. The lowest BCUT2D eigenvalue weighted by molar-refractivity contribution is -0.137. The van der Waals surface area contributed by atoms with Crippen molar-refractivity contribution < 1.29 is 13.2 Å². The van der Waals surface area contributed by atoms with Gasteiger partial charge in [0.1, 0.15) is 0 Å². The van der Waals surface area contributed by atoms with Crippen molar-refractivity contribution in [1.29, 1.82) is 0 Å². The first-order valence-corrected chi connectivity index (χ1v) is 4.69. The van der Waals surface area contributed by atoms with Gasteiger partial charge in [0, 0.05) is 15.5 Å². The standard InChI is InChI=1S/C10H5ClF3N3/c11-8-4-3-7(2-1-5-16-17-15)9(6-8)10(12,13)14/h3-4,6H,5H2. The summed E-state index contributed by atoms with van der Waals surface area (Å²) in [6.45, 7) is -0.184. The second-order valence-electron chi connectivity index (χ2n) is 2.88. The van der Waals surface area contributed by atoms with Crippen LogP contribution in [0.2, 0.25) is 5.02 Å². The second kappa shape index (κ2) is 5.48. The van der Waals surface area contributed by atoms with E-state index >= 15 is 0 Å². The van der Waals surface area contributed by atoms with Gasteiger partial charge in [0.25, 0.3) is 0 Å². The van der Waals surface area contributed by atoms with Crippen molar-refractivity contribution in [2.24, 2.45) is 5.11 Å². The van der Waals surface area contributed by atoms with Gasteiger partial charge in [-0.05, 0) is 23.7 Å². The lowest BCUT2D eigenvalue weighted by Gasteiger charge is -2.09. The molecule has 3 nitrogen and oxygen atoms in total. The number of rotatable bonds is 1. The Hall–Kier alpha value is -1.83. The molecule has 0 amide bonds. The molecule has 0 aromatic heterocycles. The fourth-order valence-corrected chi connectivity index (χ4v) is 1.23. The summed E-state index contributed by atoms with van der Waals surface area (Å²) in [5.74, 6) is 4.61. The van der Waals surface area contributed by atoms with Crippen LogP contribution in [0.4, 0.5) is 13.2 Å². The molecule has 0 fully saturated rings. The van der Waals surface area contributed by atoms with Crippen LogP contribution in [-0.2, 0) is 6.18 Å². The zero-order valence-electron chi connectivity index (χ0n) is 8.29. The molecule has 0 unspecified atom stereocenters. The normalized spacial score (nSPS) is 10.1. The minimum absolute atomic E-state index is 0.0158. The van der Waals surface area contributed by atoms with Gasteiger partial charge >= 0.3 is 6.18 Å². The topological polar surface area (TPSA) is 48.8 Å². The smallest absolute Gasteiger partial charge is 0.166 e. The van der Waals surface area contributed by atoms with Gasteiger partial charge in [-0.15, -0.1) is 0 Å². The molecule has 88 valence electrons. The van der Waals surface area contributed by atoms with Gasteiger partial charge in [0.15, 0.2) is 0 Å². The molecule has 1 aromatic rings. The minimum Gasteiger partial charge on any atom is -0.166 e. The van der Waals surface area contributed by atoms with Crippen molar-refractivity contribution in [2.75, 3.05) is 6.54 Å². The van der Waals surface area contributed by atoms with E-state index in [0.29, 0.717) is 0 Å². The van der Waals surface area contributed by atoms with Gasteiger partial charge < -0.3 is 0 Å². The highest BCUT2D eigenvalue weighted by atomic mass is 35.5. The van der Waals surface area contributed by atoms with Crippen LogP contribution in [0.25, 0.3) is 10.4 Å². The first-order valence-electron chi connectivity index (χ1n) is 4.31. The van der Waals surface area contributed by atoms with Crippen molar-refractivity contribution >= 4 is 11.6 Å². The highest BCUT2D eigenvalue weighted by Crippen LogP contribution is 2.33.